The van der Waals surface area contributed by atoms with Crippen LogP contribution in [0.25, 0.3) is 0 Å². The van der Waals surface area contributed by atoms with Gasteiger partial charge in [-0.15, -0.1) is 0 Å². The van der Waals surface area contributed by atoms with Crippen molar-refractivity contribution < 1.29 is 4.79 Å². The first kappa shape index (κ1) is 18.0. The van der Waals surface area contributed by atoms with Crippen molar-refractivity contribution in [2.45, 2.75) is 32.2 Å². The fraction of sp³-hybridized carbons (Fsp3) is 0.450. The van der Waals surface area contributed by atoms with Crippen molar-refractivity contribution >= 4 is 23.2 Å². The highest BCUT2D eigenvalue weighted by molar-refractivity contribution is 6.31. The summed E-state index contributed by atoms with van der Waals surface area (Å²) in [5.74, 6) is -0.0371. The second-order valence-electron chi connectivity index (χ2n) is 7.34. The van der Waals surface area contributed by atoms with Crippen LogP contribution in [0, 0.1) is 6.92 Å². The van der Waals surface area contributed by atoms with E-state index in [1.807, 2.05) is 17.9 Å². The first-order chi connectivity index (χ1) is 13.0. The summed E-state index contributed by atoms with van der Waals surface area (Å²) in [6, 6.07) is 6.93. The Hall–Kier alpha value is -2.34. The summed E-state index contributed by atoms with van der Waals surface area (Å²) < 4.78 is 1.54. The molecule has 3 heterocycles. The summed E-state index contributed by atoms with van der Waals surface area (Å²) in [7, 11) is 0. The predicted octanol–water partition coefficient (Wildman–Crippen LogP) is 2.89. The minimum atomic E-state index is -0.0994. The number of halogens is 1. The second kappa shape index (κ2) is 7.35. The highest BCUT2D eigenvalue weighted by Gasteiger charge is 2.28. The van der Waals surface area contributed by atoms with Gasteiger partial charge in [-0.25, -0.2) is 4.68 Å². The van der Waals surface area contributed by atoms with Crippen LogP contribution in [0.3, 0.4) is 0 Å². The Morgan fingerprint density at radius 1 is 1.19 bits per heavy atom. The quantitative estimate of drug-likeness (QED) is 0.813. The molecule has 1 atom stereocenters. The molecule has 1 aromatic heterocycles. The summed E-state index contributed by atoms with van der Waals surface area (Å²) in [5.41, 5.74) is 2.32. The molecule has 2 aliphatic heterocycles. The second-order valence-corrected chi connectivity index (χ2v) is 7.78. The van der Waals surface area contributed by atoms with Crippen LogP contribution in [0.2, 0.25) is 5.02 Å². The van der Waals surface area contributed by atoms with Crippen molar-refractivity contribution in [2.75, 3.05) is 31.1 Å². The molecule has 0 spiro atoms. The molecular weight excluding hydrogens is 364 g/mol. The molecule has 142 valence electrons. The zero-order valence-corrected chi connectivity index (χ0v) is 16.2. The van der Waals surface area contributed by atoms with E-state index in [1.165, 1.54) is 4.68 Å². The number of benzene rings is 1. The Labute approximate surface area is 163 Å². The van der Waals surface area contributed by atoms with E-state index in [2.05, 4.69) is 10.00 Å². The predicted molar refractivity (Wildman–Crippen MR) is 106 cm³/mol. The molecule has 2 fully saturated rings. The molecule has 0 bridgehead atoms. The maximum Gasteiger partial charge on any atom is 0.269 e. The minimum Gasteiger partial charge on any atom is -0.370 e. The van der Waals surface area contributed by atoms with Gasteiger partial charge in [-0.05, 0) is 43.9 Å². The third kappa shape index (κ3) is 3.58. The molecule has 0 aliphatic carbocycles. The zero-order valence-electron chi connectivity index (χ0n) is 15.4. The van der Waals surface area contributed by atoms with Crippen molar-refractivity contribution in [3.8, 4) is 0 Å². The normalized spacial score (nSPS) is 19.7. The third-order valence-electron chi connectivity index (χ3n) is 5.49. The van der Waals surface area contributed by atoms with E-state index in [9.17, 15) is 9.59 Å². The van der Waals surface area contributed by atoms with Crippen LogP contribution in [0.15, 0.2) is 35.3 Å². The van der Waals surface area contributed by atoms with Crippen LogP contribution < -0.4 is 10.5 Å². The number of anilines is 1. The Morgan fingerprint density at radius 3 is 2.70 bits per heavy atom. The third-order valence-corrected chi connectivity index (χ3v) is 5.73. The molecule has 2 aromatic rings. The molecule has 0 N–H and O–H groups in total. The van der Waals surface area contributed by atoms with Crippen LogP contribution in [0.5, 0.6) is 0 Å². The monoisotopic (exact) mass is 386 g/mol. The summed E-state index contributed by atoms with van der Waals surface area (Å²) >= 11 is 6.07. The number of likely N-dealkylation sites (tertiary alicyclic amines) is 1. The van der Waals surface area contributed by atoms with Gasteiger partial charge >= 0.3 is 0 Å². The number of hydrogen-bond donors (Lipinski definition) is 0. The van der Waals surface area contributed by atoms with Gasteiger partial charge in [0.05, 0.1) is 17.9 Å². The van der Waals surface area contributed by atoms with Crippen LogP contribution in [0.1, 0.15) is 41.2 Å². The average Bonchev–Trinajstić information content (AvgIpc) is 2.62. The highest BCUT2D eigenvalue weighted by Crippen LogP contribution is 2.24. The standard InChI is InChI=1S/C20H23ClN4O2/c1-14-5-6-15(21)10-18(14)20(27)24-7-2-4-16(13-24)25-19(26)11-17(12-22-25)23-8-3-9-23/h5-6,10-12,16H,2-4,7-9,13H2,1H3. The molecule has 1 aromatic carbocycles. The number of rotatable bonds is 3. The number of amides is 1. The van der Waals surface area contributed by atoms with Gasteiger partial charge in [0.2, 0.25) is 0 Å². The molecule has 4 rings (SSSR count). The Morgan fingerprint density at radius 2 is 2.00 bits per heavy atom. The van der Waals surface area contributed by atoms with E-state index in [4.69, 9.17) is 11.6 Å². The SMILES string of the molecule is Cc1ccc(Cl)cc1C(=O)N1CCCC(n2ncc(N3CCC3)cc2=O)C1. The van der Waals surface area contributed by atoms with E-state index in [0.29, 0.717) is 23.7 Å². The lowest BCUT2D eigenvalue weighted by atomic mass is 10.0. The summed E-state index contributed by atoms with van der Waals surface area (Å²) in [6.45, 7) is 5.04. The number of carbonyl (C=O) groups excluding carboxylic acids is 1. The molecule has 1 amide bonds. The van der Waals surface area contributed by atoms with Crippen LogP contribution >= 0.6 is 11.6 Å². The van der Waals surface area contributed by atoms with Gasteiger partial charge in [0, 0.05) is 42.8 Å². The van der Waals surface area contributed by atoms with Crippen LogP contribution in [-0.2, 0) is 0 Å². The van der Waals surface area contributed by atoms with Crippen molar-refractivity contribution in [3.05, 3.63) is 57.0 Å². The lowest BCUT2D eigenvalue weighted by Gasteiger charge is -2.35. The number of piperidine rings is 1. The molecule has 0 radical (unpaired) electrons. The first-order valence-electron chi connectivity index (χ1n) is 9.42. The molecule has 27 heavy (non-hydrogen) atoms. The van der Waals surface area contributed by atoms with Crippen molar-refractivity contribution in [1.29, 1.82) is 0 Å². The Bertz CT molecular complexity index is 922. The number of carbonyl (C=O) groups is 1. The topological polar surface area (TPSA) is 58.4 Å². The van der Waals surface area contributed by atoms with Gasteiger partial charge in [-0.3, -0.25) is 9.59 Å². The fourth-order valence-electron chi connectivity index (χ4n) is 3.76. The van der Waals surface area contributed by atoms with Gasteiger partial charge < -0.3 is 9.80 Å². The van der Waals surface area contributed by atoms with Crippen molar-refractivity contribution in [1.82, 2.24) is 14.7 Å². The van der Waals surface area contributed by atoms with Gasteiger partial charge in [-0.2, -0.15) is 5.10 Å². The number of nitrogens with zero attached hydrogens (tertiary/aromatic N) is 4. The van der Waals surface area contributed by atoms with E-state index in [0.717, 1.165) is 43.6 Å². The van der Waals surface area contributed by atoms with Crippen molar-refractivity contribution in [3.63, 3.8) is 0 Å². The molecular formula is C20H23ClN4O2. The maximum atomic E-state index is 13.0. The zero-order chi connectivity index (χ0) is 19.0. The summed E-state index contributed by atoms with van der Waals surface area (Å²) in [5, 5.41) is 4.96. The first-order valence-corrected chi connectivity index (χ1v) is 9.80. The smallest absolute Gasteiger partial charge is 0.269 e. The number of hydrogen-bond acceptors (Lipinski definition) is 4. The van der Waals surface area contributed by atoms with Crippen molar-refractivity contribution in [2.24, 2.45) is 0 Å². The number of aromatic nitrogens is 2. The Balaban J connectivity index is 1.53. The molecule has 0 saturated carbocycles. The molecule has 2 aliphatic rings. The summed E-state index contributed by atoms with van der Waals surface area (Å²) in [6.07, 6.45) is 4.61. The van der Waals surface area contributed by atoms with Gasteiger partial charge in [0.1, 0.15) is 0 Å². The van der Waals surface area contributed by atoms with E-state index < -0.39 is 0 Å². The maximum absolute atomic E-state index is 13.0. The van der Waals surface area contributed by atoms with E-state index >= 15 is 0 Å². The lowest BCUT2D eigenvalue weighted by Crippen LogP contribution is -2.44. The van der Waals surface area contributed by atoms with Crippen LogP contribution in [0.4, 0.5) is 5.69 Å². The molecule has 6 nitrogen and oxygen atoms in total. The Kier molecular flexibility index (Phi) is 4.91. The number of aryl methyl sites for hydroxylation is 1. The summed E-state index contributed by atoms with van der Waals surface area (Å²) in [4.78, 5) is 29.5. The largest absolute Gasteiger partial charge is 0.370 e. The van der Waals surface area contributed by atoms with E-state index in [1.54, 1.807) is 24.4 Å². The van der Waals surface area contributed by atoms with Gasteiger partial charge in [0.15, 0.2) is 0 Å². The van der Waals surface area contributed by atoms with Gasteiger partial charge in [-0.1, -0.05) is 17.7 Å². The molecule has 1 unspecified atom stereocenters. The molecule has 2 saturated heterocycles. The minimum absolute atomic E-state index is 0.0371. The average molecular weight is 387 g/mol. The van der Waals surface area contributed by atoms with Crippen LogP contribution in [-0.4, -0.2) is 46.8 Å². The molecule has 7 heteroatoms. The lowest BCUT2D eigenvalue weighted by molar-refractivity contribution is 0.0669. The van der Waals surface area contributed by atoms with E-state index in [-0.39, 0.29) is 17.5 Å². The van der Waals surface area contributed by atoms with Gasteiger partial charge in [0.25, 0.3) is 11.5 Å². The fourth-order valence-corrected chi connectivity index (χ4v) is 3.94. The highest BCUT2D eigenvalue weighted by atomic mass is 35.5.